The van der Waals surface area contributed by atoms with Gasteiger partial charge in [0, 0.05) is 25.2 Å². The Morgan fingerprint density at radius 3 is 2.90 bits per heavy atom. The van der Waals surface area contributed by atoms with Gasteiger partial charge in [-0.25, -0.2) is 4.39 Å². The van der Waals surface area contributed by atoms with Gasteiger partial charge in [0.2, 0.25) is 5.91 Å². The first-order chi connectivity index (χ1) is 9.95. The van der Waals surface area contributed by atoms with Crippen LogP contribution in [0.2, 0.25) is 0 Å². The summed E-state index contributed by atoms with van der Waals surface area (Å²) in [7, 11) is 0. The molecule has 1 aromatic carbocycles. The van der Waals surface area contributed by atoms with E-state index in [1.165, 1.54) is 24.6 Å². The van der Waals surface area contributed by atoms with E-state index in [2.05, 4.69) is 24.1 Å². The smallest absolute Gasteiger partial charge is 0.225 e. The summed E-state index contributed by atoms with van der Waals surface area (Å²) in [6.45, 7) is 7.42. The Labute approximate surface area is 125 Å². The number of rotatable bonds is 5. The van der Waals surface area contributed by atoms with Crippen molar-refractivity contribution in [2.45, 2.75) is 26.7 Å². The van der Waals surface area contributed by atoms with E-state index in [1.807, 2.05) is 0 Å². The number of hydrogen-bond acceptors (Lipinski definition) is 3. The maximum atomic E-state index is 13.0. The van der Waals surface area contributed by atoms with E-state index < -0.39 is 5.82 Å². The number of nitrogens with zero attached hydrogens (tertiary/aromatic N) is 1. The van der Waals surface area contributed by atoms with Crippen LogP contribution >= 0.6 is 0 Å². The summed E-state index contributed by atoms with van der Waals surface area (Å²) in [6, 6.07) is 4.23. The zero-order valence-corrected chi connectivity index (χ0v) is 12.7. The van der Waals surface area contributed by atoms with Crippen molar-refractivity contribution in [1.82, 2.24) is 4.90 Å². The fraction of sp³-hybridized carbons (Fsp3) is 0.562. The third-order valence-electron chi connectivity index (χ3n) is 4.19. The molecule has 0 saturated carbocycles. The van der Waals surface area contributed by atoms with E-state index in [0.717, 1.165) is 25.6 Å². The lowest BCUT2D eigenvalue weighted by molar-refractivity contribution is -0.116. The molecular weight excluding hydrogens is 269 g/mol. The molecule has 3 N–H and O–H groups in total. The topological polar surface area (TPSA) is 58.4 Å². The average Bonchev–Trinajstić information content (AvgIpc) is 2.90. The number of nitrogens with two attached hydrogens (primary N) is 1. The van der Waals surface area contributed by atoms with Crippen LogP contribution in [-0.4, -0.2) is 30.4 Å². The Bertz CT molecular complexity index is 504. The van der Waals surface area contributed by atoms with Gasteiger partial charge in [0.15, 0.2) is 0 Å². The van der Waals surface area contributed by atoms with E-state index in [0.29, 0.717) is 18.0 Å². The first kappa shape index (κ1) is 15.8. The minimum atomic E-state index is -0.468. The molecule has 1 unspecified atom stereocenters. The summed E-state index contributed by atoms with van der Waals surface area (Å²) in [6.07, 6.45) is 1.66. The van der Waals surface area contributed by atoms with E-state index in [1.54, 1.807) is 0 Å². The zero-order valence-electron chi connectivity index (χ0n) is 12.7. The molecule has 1 aliphatic heterocycles. The standard InChI is InChI=1S/C16H24FN3O/c1-11(2)12-5-7-20(10-12)8-6-16(21)19-13-3-4-14(17)15(18)9-13/h3-4,9,11-12H,5-8,10,18H2,1-2H3,(H,19,21). The molecule has 2 rings (SSSR count). The Kier molecular flexibility index (Phi) is 5.17. The average molecular weight is 293 g/mol. The van der Waals surface area contributed by atoms with Gasteiger partial charge in [-0.3, -0.25) is 4.79 Å². The molecule has 1 aromatic rings. The van der Waals surface area contributed by atoms with E-state index >= 15 is 0 Å². The highest BCUT2D eigenvalue weighted by Crippen LogP contribution is 2.23. The minimum Gasteiger partial charge on any atom is -0.396 e. The van der Waals surface area contributed by atoms with Gasteiger partial charge >= 0.3 is 0 Å². The summed E-state index contributed by atoms with van der Waals surface area (Å²) < 4.78 is 13.0. The molecule has 4 nitrogen and oxygen atoms in total. The monoisotopic (exact) mass is 293 g/mol. The highest BCUT2D eigenvalue weighted by molar-refractivity contribution is 5.91. The SMILES string of the molecule is CC(C)C1CCN(CCC(=O)Nc2ccc(F)c(N)c2)C1. The predicted octanol–water partition coefficient (Wildman–Crippen LogP) is 2.71. The number of likely N-dealkylation sites (tertiary alicyclic amines) is 1. The number of nitrogen functional groups attached to an aromatic ring is 1. The van der Waals surface area contributed by atoms with Crippen LogP contribution in [0.3, 0.4) is 0 Å². The number of benzene rings is 1. The summed E-state index contributed by atoms with van der Waals surface area (Å²) in [5.41, 5.74) is 6.07. The Hall–Kier alpha value is -1.62. The van der Waals surface area contributed by atoms with Crippen molar-refractivity contribution in [1.29, 1.82) is 0 Å². The number of anilines is 2. The van der Waals surface area contributed by atoms with Crippen LogP contribution in [0.15, 0.2) is 18.2 Å². The molecule has 5 heteroatoms. The minimum absolute atomic E-state index is 0.0483. The summed E-state index contributed by atoms with van der Waals surface area (Å²) in [4.78, 5) is 14.2. The van der Waals surface area contributed by atoms with Crippen LogP contribution in [-0.2, 0) is 4.79 Å². The third kappa shape index (κ3) is 4.43. The fourth-order valence-electron chi connectivity index (χ4n) is 2.71. The van der Waals surface area contributed by atoms with Crippen molar-refractivity contribution in [3.63, 3.8) is 0 Å². The molecule has 1 fully saturated rings. The zero-order chi connectivity index (χ0) is 15.4. The Morgan fingerprint density at radius 2 is 2.29 bits per heavy atom. The van der Waals surface area contributed by atoms with Crippen molar-refractivity contribution in [2.24, 2.45) is 11.8 Å². The summed E-state index contributed by atoms with van der Waals surface area (Å²) in [5.74, 6) is 0.912. The van der Waals surface area contributed by atoms with Gasteiger partial charge in [-0.1, -0.05) is 13.8 Å². The highest BCUT2D eigenvalue weighted by Gasteiger charge is 2.24. The maximum Gasteiger partial charge on any atom is 0.225 e. The highest BCUT2D eigenvalue weighted by atomic mass is 19.1. The van der Waals surface area contributed by atoms with E-state index in [9.17, 15) is 9.18 Å². The summed E-state index contributed by atoms with van der Waals surface area (Å²) >= 11 is 0. The Balaban J connectivity index is 1.76. The molecular formula is C16H24FN3O. The number of carbonyl (C=O) groups excluding carboxylic acids is 1. The van der Waals surface area contributed by atoms with Crippen LogP contribution in [0.5, 0.6) is 0 Å². The molecule has 21 heavy (non-hydrogen) atoms. The van der Waals surface area contributed by atoms with Crippen molar-refractivity contribution >= 4 is 17.3 Å². The van der Waals surface area contributed by atoms with Gasteiger partial charge in [0.05, 0.1) is 5.69 Å². The second-order valence-electron chi connectivity index (χ2n) is 6.13. The predicted molar refractivity (Wildman–Crippen MR) is 83.4 cm³/mol. The Morgan fingerprint density at radius 1 is 1.52 bits per heavy atom. The normalized spacial score (nSPS) is 19.1. The van der Waals surface area contributed by atoms with Crippen molar-refractivity contribution in [3.8, 4) is 0 Å². The number of halogens is 1. The van der Waals surface area contributed by atoms with Gasteiger partial charge in [0.1, 0.15) is 5.82 Å². The molecule has 0 spiro atoms. The number of amides is 1. The van der Waals surface area contributed by atoms with Crippen LogP contribution in [0.25, 0.3) is 0 Å². The molecule has 1 amide bonds. The lowest BCUT2D eigenvalue weighted by atomic mass is 9.95. The van der Waals surface area contributed by atoms with Gasteiger partial charge in [-0.15, -0.1) is 0 Å². The summed E-state index contributed by atoms with van der Waals surface area (Å²) in [5, 5.41) is 2.76. The third-order valence-corrected chi connectivity index (χ3v) is 4.19. The lowest BCUT2D eigenvalue weighted by Crippen LogP contribution is -2.26. The van der Waals surface area contributed by atoms with Crippen molar-refractivity contribution in [3.05, 3.63) is 24.0 Å². The molecule has 1 atom stereocenters. The molecule has 1 aliphatic rings. The van der Waals surface area contributed by atoms with E-state index in [4.69, 9.17) is 5.73 Å². The molecule has 116 valence electrons. The second kappa shape index (κ2) is 6.89. The van der Waals surface area contributed by atoms with E-state index in [-0.39, 0.29) is 11.6 Å². The molecule has 1 saturated heterocycles. The van der Waals surface area contributed by atoms with Gasteiger partial charge in [-0.05, 0) is 43.0 Å². The molecule has 1 heterocycles. The second-order valence-corrected chi connectivity index (χ2v) is 6.13. The number of hydrogen-bond donors (Lipinski definition) is 2. The van der Waals surface area contributed by atoms with Gasteiger partial charge < -0.3 is 16.0 Å². The maximum absolute atomic E-state index is 13.0. The molecule has 0 bridgehead atoms. The number of carbonyl (C=O) groups is 1. The quantitative estimate of drug-likeness (QED) is 0.821. The van der Waals surface area contributed by atoms with Crippen LogP contribution in [0.1, 0.15) is 26.7 Å². The fourth-order valence-corrected chi connectivity index (χ4v) is 2.71. The first-order valence-electron chi connectivity index (χ1n) is 7.53. The largest absolute Gasteiger partial charge is 0.396 e. The van der Waals surface area contributed by atoms with Crippen molar-refractivity contribution < 1.29 is 9.18 Å². The molecule has 0 radical (unpaired) electrons. The molecule has 0 aliphatic carbocycles. The van der Waals surface area contributed by atoms with Crippen LogP contribution in [0.4, 0.5) is 15.8 Å². The van der Waals surface area contributed by atoms with Crippen LogP contribution in [0, 0.1) is 17.7 Å². The van der Waals surface area contributed by atoms with Crippen molar-refractivity contribution in [2.75, 3.05) is 30.7 Å². The lowest BCUT2D eigenvalue weighted by Gasteiger charge is -2.17. The first-order valence-corrected chi connectivity index (χ1v) is 7.53. The van der Waals surface area contributed by atoms with Gasteiger partial charge in [0.25, 0.3) is 0 Å². The van der Waals surface area contributed by atoms with Gasteiger partial charge in [-0.2, -0.15) is 0 Å². The number of nitrogens with one attached hydrogen (secondary N) is 1. The molecule has 0 aromatic heterocycles. The van der Waals surface area contributed by atoms with Crippen LogP contribution < -0.4 is 11.1 Å².